The molecule has 0 unspecified atom stereocenters. The number of amides is 1. The molecule has 0 bridgehead atoms. The van der Waals surface area contributed by atoms with Crippen molar-refractivity contribution in [2.75, 3.05) is 39.3 Å². The average Bonchev–Trinajstić information content (AvgIpc) is 2.57. The van der Waals surface area contributed by atoms with Crippen molar-refractivity contribution < 1.29 is 9.21 Å². The van der Waals surface area contributed by atoms with E-state index >= 15 is 0 Å². The van der Waals surface area contributed by atoms with Gasteiger partial charge in [0.1, 0.15) is 11.1 Å². The van der Waals surface area contributed by atoms with E-state index in [2.05, 4.69) is 31.5 Å². The third-order valence-electron chi connectivity index (χ3n) is 4.28. The zero-order chi connectivity index (χ0) is 17.1. The van der Waals surface area contributed by atoms with Gasteiger partial charge in [-0.2, -0.15) is 0 Å². The van der Waals surface area contributed by atoms with Gasteiger partial charge in [0.2, 0.25) is 0 Å². The molecule has 1 aliphatic rings. The first-order chi connectivity index (χ1) is 11.6. The predicted molar refractivity (Wildman–Crippen MR) is 104 cm³/mol. The second kappa shape index (κ2) is 8.80. The number of nitrogens with one attached hydrogen (secondary N) is 2. The molecule has 3 rings (SSSR count). The highest BCUT2D eigenvalue weighted by Gasteiger charge is 2.19. The van der Waals surface area contributed by atoms with Gasteiger partial charge in [0.25, 0.3) is 5.91 Å². The van der Waals surface area contributed by atoms with E-state index in [9.17, 15) is 9.59 Å². The van der Waals surface area contributed by atoms with Crippen molar-refractivity contribution in [3.05, 3.63) is 44.2 Å². The van der Waals surface area contributed by atoms with Crippen LogP contribution in [0.25, 0.3) is 11.0 Å². The predicted octanol–water partition coefficient (Wildman–Crippen LogP) is 1.92. The van der Waals surface area contributed by atoms with Crippen molar-refractivity contribution in [2.24, 2.45) is 0 Å². The summed E-state index contributed by atoms with van der Waals surface area (Å²) in [4.78, 5) is 26.9. The third kappa shape index (κ3) is 4.61. The third-order valence-corrected chi connectivity index (χ3v) is 4.77. The molecule has 0 atom stereocenters. The fourth-order valence-electron chi connectivity index (χ4n) is 2.94. The van der Waals surface area contributed by atoms with Gasteiger partial charge >= 0.3 is 5.63 Å². The molecule has 1 amide bonds. The number of rotatable bonds is 4. The monoisotopic (exact) mass is 429 g/mol. The lowest BCUT2D eigenvalue weighted by Crippen LogP contribution is -2.46. The van der Waals surface area contributed by atoms with Crippen LogP contribution in [-0.2, 0) is 0 Å². The van der Waals surface area contributed by atoms with E-state index in [0.717, 1.165) is 42.6 Å². The Bertz CT molecular complexity index is 819. The number of fused-ring (bicyclic) bond motifs is 1. The van der Waals surface area contributed by atoms with E-state index in [1.807, 2.05) is 6.07 Å². The molecule has 6 nitrogen and oxygen atoms in total. The SMILES string of the molecule is Cc1c(C(=O)NCCN2CCNCC2)c(=O)oc2ccc(Br)cc12.Cl. The van der Waals surface area contributed by atoms with E-state index in [4.69, 9.17) is 4.42 Å². The molecule has 1 aromatic carbocycles. The van der Waals surface area contributed by atoms with Crippen LogP contribution in [0.2, 0.25) is 0 Å². The number of hydrogen-bond acceptors (Lipinski definition) is 5. The summed E-state index contributed by atoms with van der Waals surface area (Å²) in [7, 11) is 0. The summed E-state index contributed by atoms with van der Waals surface area (Å²) in [5.41, 5.74) is 0.614. The van der Waals surface area contributed by atoms with Crippen LogP contribution >= 0.6 is 28.3 Å². The Labute approximate surface area is 160 Å². The summed E-state index contributed by atoms with van der Waals surface area (Å²) < 4.78 is 6.16. The number of carbonyl (C=O) groups excluding carboxylic acids is 1. The van der Waals surface area contributed by atoms with Crippen LogP contribution in [0.3, 0.4) is 0 Å². The fraction of sp³-hybridized carbons (Fsp3) is 0.412. The number of piperazine rings is 1. The van der Waals surface area contributed by atoms with Gasteiger partial charge < -0.3 is 15.1 Å². The van der Waals surface area contributed by atoms with E-state index in [-0.39, 0.29) is 23.9 Å². The van der Waals surface area contributed by atoms with Crippen LogP contribution in [-0.4, -0.2) is 50.1 Å². The molecule has 8 heteroatoms. The normalized spacial score (nSPS) is 15.0. The smallest absolute Gasteiger partial charge is 0.349 e. The van der Waals surface area contributed by atoms with Gasteiger partial charge in [-0.15, -0.1) is 12.4 Å². The first-order valence-electron chi connectivity index (χ1n) is 8.00. The van der Waals surface area contributed by atoms with E-state index < -0.39 is 5.63 Å². The minimum Gasteiger partial charge on any atom is -0.422 e. The number of carbonyl (C=O) groups is 1. The molecule has 1 saturated heterocycles. The van der Waals surface area contributed by atoms with Crippen molar-refractivity contribution in [1.29, 1.82) is 0 Å². The van der Waals surface area contributed by atoms with Crippen molar-refractivity contribution in [1.82, 2.24) is 15.5 Å². The summed E-state index contributed by atoms with van der Waals surface area (Å²) in [6.07, 6.45) is 0. The van der Waals surface area contributed by atoms with Gasteiger partial charge in [0.05, 0.1) is 0 Å². The first kappa shape index (κ1) is 19.9. The zero-order valence-electron chi connectivity index (χ0n) is 13.9. The van der Waals surface area contributed by atoms with Gasteiger partial charge in [-0.1, -0.05) is 15.9 Å². The minimum absolute atomic E-state index is 0. The van der Waals surface area contributed by atoms with Gasteiger partial charge in [-0.3, -0.25) is 9.69 Å². The summed E-state index contributed by atoms with van der Waals surface area (Å²) in [5.74, 6) is -0.377. The lowest BCUT2D eigenvalue weighted by molar-refractivity contribution is 0.0943. The van der Waals surface area contributed by atoms with Crippen molar-refractivity contribution in [3.8, 4) is 0 Å². The molecular weight excluding hydrogens is 410 g/mol. The number of hydrogen-bond donors (Lipinski definition) is 2. The number of nitrogens with zero attached hydrogens (tertiary/aromatic N) is 1. The maximum absolute atomic E-state index is 12.4. The molecule has 0 radical (unpaired) electrons. The Hall–Kier alpha value is -1.41. The molecule has 1 aromatic heterocycles. The van der Waals surface area contributed by atoms with E-state index in [0.29, 0.717) is 17.7 Å². The van der Waals surface area contributed by atoms with Gasteiger partial charge in [0, 0.05) is 49.1 Å². The Morgan fingerprint density at radius 2 is 2.08 bits per heavy atom. The second-order valence-electron chi connectivity index (χ2n) is 5.88. The van der Waals surface area contributed by atoms with Gasteiger partial charge in [-0.05, 0) is 30.7 Å². The van der Waals surface area contributed by atoms with E-state index in [1.54, 1.807) is 19.1 Å². The summed E-state index contributed by atoms with van der Waals surface area (Å²) in [5, 5.41) is 6.88. The summed E-state index contributed by atoms with van der Waals surface area (Å²) in [6, 6.07) is 5.38. The molecule has 25 heavy (non-hydrogen) atoms. The first-order valence-corrected chi connectivity index (χ1v) is 8.80. The molecule has 1 fully saturated rings. The molecule has 0 saturated carbocycles. The van der Waals surface area contributed by atoms with E-state index in [1.165, 1.54) is 0 Å². The molecule has 1 aliphatic heterocycles. The fourth-order valence-corrected chi connectivity index (χ4v) is 3.30. The Morgan fingerprint density at radius 3 is 2.80 bits per heavy atom. The van der Waals surface area contributed by atoms with Crippen LogP contribution in [0, 0.1) is 6.92 Å². The molecule has 0 spiro atoms. The van der Waals surface area contributed by atoms with Crippen molar-refractivity contribution >= 4 is 45.2 Å². The molecular formula is C17H21BrClN3O3. The molecule has 2 N–H and O–H groups in total. The lowest BCUT2D eigenvalue weighted by atomic mass is 10.1. The Balaban J connectivity index is 0.00000225. The molecule has 0 aliphatic carbocycles. The van der Waals surface area contributed by atoms with Crippen LogP contribution in [0.1, 0.15) is 15.9 Å². The highest BCUT2D eigenvalue weighted by molar-refractivity contribution is 9.10. The van der Waals surface area contributed by atoms with Gasteiger partial charge in [0.15, 0.2) is 0 Å². The maximum atomic E-state index is 12.4. The quantitative estimate of drug-likeness (QED) is 0.725. The topological polar surface area (TPSA) is 74.6 Å². The van der Waals surface area contributed by atoms with Crippen LogP contribution in [0.4, 0.5) is 0 Å². The van der Waals surface area contributed by atoms with Crippen LogP contribution in [0.5, 0.6) is 0 Å². The molecule has 2 heterocycles. The second-order valence-corrected chi connectivity index (χ2v) is 6.79. The van der Waals surface area contributed by atoms with Crippen LogP contribution < -0.4 is 16.3 Å². The minimum atomic E-state index is -0.595. The summed E-state index contributed by atoms with van der Waals surface area (Å²) in [6.45, 7) is 6.94. The summed E-state index contributed by atoms with van der Waals surface area (Å²) >= 11 is 3.40. The Morgan fingerprint density at radius 1 is 1.36 bits per heavy atom. The highest BCUT2D eigenvalue weighted by atomic mass is 79.9. The zero-order valence-corrected chi connectivity index (χ0v) is 16.3. The molecule has 2 aromatic rings. The number of aryl methyl sites for hydroxylation is 1. The largest absolute Gasteiger partial charge is 0.422 e. The van der Waals surface area contributed by atoms with Crippen LogP contribution in [0.15, 0.2) is 31.9 Å². The van der Waals surface area contributed by atoms with Crippen molar-refractivity contribution in [3.63, 3.8) is 0 Å². The van der Waals surface area contributed by atoms with Gasteiger partial charge in [-0.25, -0.2) is 4.79 Å². The number of halogens is 2. The number of benzene rings is 1. The van der Waals surface area contributed by atoms with Crippen molar-refractivity contribution in [2.45, 2.75) is 6.92 Å². The lowest BCUT2D eigenvalue weighted by Gasteiger charge is -2.27. The Kier molecular flexibility index (Phi) is 7.01. The average molecular weight is 431 g/mol. The maximum Gasteiger partial charge on any atom is 0.349 e. The molecule has 136 valence electrons. The standard InChI is InChI=1S/C17H20BrN3O3.ClH/c1-11-13-10-12(18)2-3-14(13)24-17(23)15(11)16(22)20-6-9-21-7-4-19-5-8-21;/h2-3,10,19H,4-9H2,1H3,(H,20,22);1H. The highest BCUT2D eigenvalue weighted by Crippen LogP contribution is 2.23.